The number of fused-ring (bicyclic) bond motifs is 1. The number of hydrogen-bond acceptors (Lipinski definition) is 5. The minimum absolute atomic E-state index is 0.0532. The van der Waals surface area contributed by atoms with E-state index in [1.54, 1.807) is 10.9 Å². The van der Waals surface area contributed by atoms with Gasteiger partial charge in [-0.05, 0) is 68.3 Å². The summed E-state index contributed by atoms with van der Waals surface area (Å²) in [5, 5.41) is 8.48. The maximum absolute atomic E-state index is 13.5. The van der Waals surface area contributed by atoms with Gasteiger partial charge in [-0.1, -0.05) is 23.4 Å². The second-order valence-corrected chi connectivity index (χ2v) is 8.43. The van der Waals surface area contributed by atoms with E-state index in [1.807, 2.05) is 42.2 Å². The van der Waals surface area contributed by atoms with Crippen molar-refractivity contribution in [2.45, 2.75) is 26.8 Å². The average Bonchev–Trinajstić information content (AvgIpc) is 3.23. The Morgan fingerprint density at radius 3 is 2.69 bits per heavy atom. The fourth-order valence-corrected chi connectivity index (χ4v) is 4.51. The van der Waals surface area contributed by atoms with E-state index in [0.29, 0.717) is 24.3 Å². The van der Waals surface area contributed by atoms with Gasteiger partial charge < -0.3 is 9.80 Å². The third-order valence-electron chi connectivity index (χ3n) is 6.22. The Morgan fingerprint density at radius 1 is 1.03 bits per heavy atom. The molecule has 7 nitrogen and oxygen atoms in total. The minimum Gasteiger partial charge on any atom is -0.365 e. The van der Waals surface area contributed by atoms with Crippen LogP contribution >= 0.6 is 0 Å². The summed E-state index contributed by atoms with van der Waals surface area (Å²) >= 11 is 0. The largest absolute Gasteiger partial charge is 0.365 e. The van der Waals surface area contributed by atoms with Crippen LogP contribution in [0.5, 0.6) is 0 Å². The van der Waals surface area contributed by atoms with Crippen LogP contribution in [-0.4, -0.2) is 56.5 Å². The molecule has 3 heterocycles. The van der Waals surface area contributed by atoms with Gasteiger partial charge in [0.25, 0.3) is 5.91 Å². The molecule has 4 aromatic rings. The summed E-state index contributed by atoms with van der Waals surface area (Å²) in [5.41, 5.74) is 6.26. The van der Waals surface area contributed by atoms with Gasteiger partial charge in [0.1, 0.15) is 5.52 Å². The number of carbonyl (C=O) groups excluding carboxylic acids is 1. The summed E-state index contributed by atoms with van der Waals surface area (Å²) < 4.78 is 1.71. The molecule has 0 aliphatic carbocycles. The highest BCUT2D eigenvalue weighted by molar-refractivity contribution is 5.97. The van der Waals surface area contributed by atoms with Gasteiger partial charge >= 0.3 is 0 Å². The minimum atomic E-state index is 0.0532. The highest BCUT2D eigenvalue weighted by Gasteiger charge is 2.28. The first-order valence-electron chi connectivity index (χ1n) is 10.9. The lowest BCUT2D eigenvalue weighted by Crippen LogP contribution is -2.53. The Labute approximate surface area is 187 Å². The first kappa shape index (κ1) is 20.2. The number of carbonyl (C=O) groups is 1. The van der Waals surface area contributed by atoms with E-state index in [2.05, 4.69) is 58.3 Å². The number of piperazine rings is 1. The van der Waals surface area contributed by atoms with Crippen LogP contribution in [0.2, 0.25) is 0 Å². The summed E-state index contributed by atoms with van der Waals surface area (Å²) in [6.45, 7) is 8.44. The number of aromatic nitrogens is 4. The fourth-order valence-electron chi connectivity index (χ4n) is 4.51. The van der Waals surface area contributed by atoms with Crippen LogP contribution in [0.15, 0.2) is 60.8 Å². The van der Waals surface area contributed by atoms with Crippen molar-refractivity contribution in [3.05, 3.63) is 77.5 Å². The van der Waals surface area contributed by atoms with Crippen LogP contribution in [0, 0.1) is 13.8 Å². The molecule has 32 heavy (non-hydrogen) atoms. The third kappa shape index (κ3) is 3.49. The van der Waals surface area contributed by atoms with Crippen LogP contribution in [0.25, 0.3) is 16.9 Å². The summed E-state index contributed by atoms with van der Waals surface area (Å²) in [6, 6.07) is 18.3. The van der Waals surface area contributed by atoms with Gasteiger partial charge in [0.05, 0.1) is 5.69 Å². The molecule has 0 saturated carbocycles. The number of amides is 1. The van der Waals surface area contributed by atoms with Gasteiger partial charge in [0, 0.05) is 43.1 Å². The van der Waals surface area contributed by atoms with E-state index in [4.69, 9.17) is 0 Å². The SMILES string of the molecule is Cc1cccc(N2CCN(C(=O)c3cccc(-n4nnc5cccnc54)c3C)CC2C)c1. The molecule has 1 amide bonds. The normalized spacial score (nSPS) is 16.5. The second kappa shape index (κ2) is 8.07. The molecule has 0 spiro atoms. The highest BCUT2D eigenvalue weighted by Crippen LogP contribution is 2.25. The number of hydrogen-bond donors (Lipinski definition) is 0. The first-order valence-corrected chi connectivity index (χ1v) is 10.9. The van der Waals surface area contributed by atoms with Gasteiger partial charge in [0.2, 0.25) is 0 Å². The maximum atomic E-state index is 13.5. The number of pyridine rings is 1. The van der Waals surface area contributed by atoms with E-state index in [9.17, 15) is 4.79 Å². The monoisotopic (exact) mass is 426 g/mol. The average molecular weight is 427 g/mol. The third-order valence-corrected chi connectivity index (χ3v) is 6.22. The second-order valence-electron chi connectivity index (χ2n) is 8.43. The Kier molecular flexibility index (Phi) is 5.09. The molecule has 0 N–H and O–H groups in total. The standard InChI is InChI=1S/C25H26N6O/c1-17-7-4-8-20(15-17)30-14-13-29(16-18(30)2)25(32)21-9-5-11-23(19(21)3)31-24-22(27-28-31)10-6-12-26-24/h4-12,15,18H,13-14,16H2,1-3H3. The zero-order valence-electron chi connectivity index (χ0n) is 18.6. The Bertz CT molecular complexity index is 1300. The molecule has 0 bridgehead atoms. The quantitative estimate of drug-likeness (QED) is 0.499. The van der Waals surface area contributed by atoms with Crippen molar-refractivity contribution >= 4 is 22.8 Å². The number of benzene rings is 2. The smallest absolute Gasteiger partial charge is 0.254 e. The number of anilines is 1. The Morgan fingerprint density at radius 2 is 1.88 bits per heavy atom. The van der Waals surface area contributed by atoms with E-state index < -0.39 is 0 Å². The van der Waals surface area contributed by atoms with E-state index >= 15 is 0 Å². The van der Waals surface area contributed by atoms with Crippen LogP contribution in [0.1, 0.15) is 28.4 Å². The molecule has 1 fully saturated rings. The van der Waals surface area contributed by atoms with Gasteiger partial charge in [-0.25, -0.2) is 4.98 Å². The Balaban J connectivity index is 1.40. The Hall–Kier alpha value is -3.74. The van der Waals surface area contributed by atoms with Gasteiger partial charge in [0.15, 0.2) is 5.65 Å². The van der Waals surface area contributed by atoms with Crippen molar-refractivity contribution in [1.29, 1.82) is 0 Å². The zero-order chi connectivity index (χ0) is 22.2. The fraction of sp³-hybridized carbons (Fsp3) is 0.280. The van der Waals surface area contributed by atoms with Crippen LogP contribution in [0.4, 0.5) is 5.69 Å². The molecule has 0 radical (unpaired) electrons. The molecule has 2 aromatic heterocycles. The number of nitrogens with zero attached hydrogens (tertiary/aromatic N) is 6. The van der Waals surface area contributed by atoms with Crippen molar-refractivity contribution in [2.75, 3.05) is 24.5 Å². The summed E-state index contributed by atoms with van der Waals surface area (Å²) in [7, 11) is 0. The lowest BCUT2D eigenvalue weighted by molar-refractivity contribution is 0.0725. The molecular weight excluding hydrogens is 400 g/mol. The molecule has 1 unspecified atom stereocenters. The molecule has 1 saturated heterocycles. The molecule has 1 aliphatic heterocycles. The predicted molar refractivity (Wildman–Crippen MR) is 125 cm³/mol. The highest BCUT2D eigenvalue weighted by atomic mass is 16.2. The van der Waals surface area contributed by atoms with E-state index in [1.165, 1.54) is 11.3 Å². The number of rotatable bonds is 3. The molecule has 1 aliphatic rings. The van der Waals surface area contributed by atoms with Crippen molar-refractivity contribution in [1.82, 2.24) is 24.9 Å². The van der Waals surface area contributed by atoms with Gasteiger partial charge in [-0.3, -0.25) is 4.79 Å². The van der Waals surface area contributed by atoms with E-state index in [-0.39, 0.29) is 11.9 Å². The first-order chi connectivity index (χ1) is 15.5. The lowest BCUT2D eigenvalue weighted by Gasteiger charge is -2.41. The van der Waals surface area contributed by atoms with E-state index in [0.717, 1.165) is 23.3 Å². The van der Waals surface area contributed by atoms with Crippen molar-refractivity contribution in [2.24, 2.45) is 0 Å². The lowest BCUT2D eigenvalue weighted by atomic mass is 10.0. The van der Waals surface area contributed by atoms with Crippen LogP contribution < -0.4 is 4.90 Å². The van der Waals surface area contributed by atoms with Crippen LogP contribution in [0.3, 0.4) is 0 Å². The molecule has 162 valence electrons. The summed E-state index contributed by atoms with van der Waals surface area (Å²) in [4.78, 5) is 22.2. The van der Waals surface area contributed by atoms with Crippen molar-refractivity contribution in [3.63, 3.8) is 0 Å². The van der Waals surface area contributed by atoms with Crippen LogP contribution in [-0.2, 0) is 0 Å². The van der Waals surface area contributed by atoms with Gasteiger partial charge in [-0.15, -0.1) is 5.10 Å². The zero-order valence-corrected chi connectivity index (χ0v) is 18.6. The number of aryl methyl sites for hydroxylation is 1. The molecular formula is C25H26N6O. The molecule has 2 aromatic carbocycles. The van der Waals surface area contributed by atoms with Gasteiger partial charge in [-0.2, -0.15) is 4.68 Å². The molecule has 1 atom stereocenters. The molecule has 5 rings (SSSR count). The maximum Gasteiger partial charge on any atom is 0.254 e. The van der Waals surface area contributed by atoms with Crippen molar-refractivity contribution < 1.29 is 4.79 Å². The molecule has 7 heteroatoms. The topological polar surface area (TPSA) is 67.2 Å². The van der Waals surface area contributed by atoms with Crippen molar-refractivity contribution in [3.8, 4) is 5.69 Å². The summed E-state index contributed by atoms with van der Waals surface area (Å²) in [5.74, 6) is 0.0532. The summed E-state index contributed by atoms with van der Waals surface area (Å²) in [6.07, 6.45) is 1.72. The predicted octanol–water partition coefficient (Wildman–Crippen LogP) is 3.78.